The average Bonchev–Trinajstić information content (AvgIpc) is 3.13. The lowest BCUT2D eigenvalue weighted by atomic mass is 10.0. The van der Waals surface area contributed by atoms with Gasteiger partial charge < -0.3 is 4.42 Å². The second kappa shape index (κ2) is 8.16. The fraction of sp³-hybridized carbons (Fsp3) is 0.286. The monoisotopic (exact) mass is 413 g/mol. The van der Waals surface area contributed by atoms with Crippen molar-refractivity contribution in [2.75, 3.05) is 5.32 Å². The quantitative estimate of drug-likeness (QED) is 0.661. The van der Waals surface area contributed by atoms with Crippen molar-refractivity contribution in [1.29, 1.82) is 0 Å². The molecule has 0 saturated heterocycles. The molecule has 0 fully saturated rings. The lowest BCUT2D eigenvalue weighted by Gasteiger charge is -2.08. The first-order valence-electron chi connectivity index (χ1n) is 9.20. The second-order valence-electron chi connectivity index (χ2n) is 7.18. The molecule has 1 aromatic heterocycles. The van der Waals surface area contributed by atoms with Gasteiger partial charge in [0.15, 0.2) is 9.84 Å². The first-order valence-corrected chi connectivity index (χ1v) is 10.8. The van der Waals surface area contributed by atoms with Crippen LogP contribution in [0, 0.1) is 13.8 Å². The molecule has 0 unspecified atom stereocenters. The summed E-state index contributed by atoms with van der Waals surface area (Å²) in [5, 5.41) is 9.79. The number of rotatable bonds is 6. The van der Waals surface area contributed by atoms with Gasteiger partial charge in [-0.25, -0.2) is 8.42 Å². The fourth-order valence-corrected chi connectivity index (χ4v) is 3.83. The van der Waals surface area contributed by atoms with E-state index < -0.39 is 15.1 Å². The summed E-state index contributed by atoms with van der Waals surface area (Å²) in [5.41, 5.74) is 3.63. The number of carbonyl (C=O) groups is 1. The number of benzene rings is 2. The number of sulfone groups is 1. The molecule has 0 saturated carbocycles. The first-order chi connectivity index (χ1) is 13.7. The van der Waals surface area contributed by atoms with Gasteiger partial charge in [0.2, 0.25) is 11.8 Å². The van der Waals surface area contributed by atoms with Gasteiger partial charge in [-0.15, -0.1) is 5.10 Å². The largest absolute Gasteiger partial charge is 0.403 e. The van der Waals surface area contributed by atoms with Gasteiger partial charge in [-0.2, -0.15) is 0 Å². The van der Waals surface area contributed by atoms with E-state index in [0.717, 1.165) is 16.7 Å². The highest BCUT2D eigenvalue weighted by Gasteiger charge is 2.20. The van der Waals surface area contributed by atoms with Crippen LogP contribution in [-0.2, 0) is 21.1 Å². The van der Waals surface area contributed by atoms with E-state index in [0.29, 0.717) is 5.56 Å². The summed E-state index contributed by atoms with van der Waals surface area (Å²) in [6.45, 7) is 7.25. The smallest absolute Gasteiger partial charge is 0.322 e. The molecule has 29 heavy (non-hydrogen) atoms. The first kappa shape index (κ1) is 20.7. The van der Waals surface area contributed by atoms with Crippen LogP contribution in [0.5, 0.6) is 0 Å². The maximum atomic E-state index is 12.4. The summed E-state index contributed by atoms with van der Waals surface area (Å²) in [6, 6.07) is 12.1. The average molecular weight is 413 g/mol. The van der Waals surface area contributed by atoms with Crippen molar-refractivity contribution in [2.24, 2.45) is 0 Å². The van der Waals surface area contributed by atoms with Crippen LogP contribution in [-0.4, -0.2) is 29.8 Å². The lowest BCUT2D eigenvalue weighted by molar-refractivity contribution is -0.115. The van der Waals surface area contributed by atoms with Gasteiger partial charge in [0, 0.05) is 5.56 Å². The number of anilines is 1. The Bertz CT molecular complexity index is 1150. The van der Waals surface area contributed by atoms with Crippen LogP contribution >= 0.6 is 0 Å². The van der Waals surface area contributed by atoms with E-state index in [1.54, 1.807) is 26.0 Å². The Labute approximate surface area is 170 Å². The molecule has 152 valence electrons. The van der Waals surface area contributed by atoms with E-state index in [-0.39, 0.29) is 29.1 Å². The molecule has 1 N–H and O–H groups in total. The van der Waals surface area contributed by atoms with Crippen LogP contribution in [0.15, 0.2) is 51.8 Å². The predicted octanol–water partition coefficient (Wildman–Crippen LogP) is 3.72. The number of aryl methyl sites for hydroxylation is 2. The molecule has 3 rings (SSSR count). The van der Waals surface area contributed by atoms with E-state index >= 15 is 0 Å². The van der Waals surface area contributed by atoms with Crippen molar-refractivity contribution in [3.63, 3.8) is 0 Å². The Balaban J connectivity index is 1.74. The van der Waals surface area contributed by atoms with Gasteiger partial charge in [-0.3, -0.25) is 10.1 Å². The highest BCUT2D eigenvalue weighted by molar-refractivity contribution is 7.92. The number of hydrogen-bond donors (Lipinski definition) is 1. The molecule has 1 heterocycles. The van der Waals surface area contributed by atoms with Crippen molar-refractivity contribution in [3.05, 3.63) is 59.2 Å². The number of nitrogens with zero attached hydrogens (tertiary/aromatic N) is 2. The molecule has 0 aliphatic rings. The Morgan fingerprint density at radius 1 is 1.07 bits per heavy atom. The maximum Gasteiger partial charge on any atom is 0.322 e. The summed E-state index contributed by atoms with van der Waals surface area (Å²) in [4.78, 5) is 12.5. The van der Waals surface area contributed by atoms with E-state index in [1.807, 2.05) is 32.0 Å². The van der Waals surface area contributed by atoms with Gasteiger partial charge >= 0.3 is 6.01 Å². The standard InChI is InChI=1S/C21H23N3O4S/c1-13(2)29(26,27)18-7-5-6-17(12-18)20-23-24-21(28-20)22-19(25)11-16-9-8-14(3)15(4)10-16/h5-10,12-13H,11H2,1-4H3,(H,22,24,25). The molecular weight excluding hydrogens is 390 g/mol. The third kappa shape index (κ3) is 4.71. The van der Waals surface area contributed by atoms with Crippen LogP contribution < -0.4 is 5.32 Å². The molecule has 2 aromatic carbocycles. The Hall–Kier alpha value is -3.00. The molecular formula is C21H23N3O4S. The predicted molar refractivity (Wildman–Crippen MR) is 110 cm³/mol. The zero-order valence-corrected chi connectivity index (χ0v) is 17.6. The number of carbonyl (C=O) groups excluding carboxylic acids is 1. The van der Waals surface area contributed by atoms with E-state index in [1.165, 1.54) is 12.1 Å². The van der Waals surface area contributed by atoms with E-state index in [4.69, 9.17) is 4.42 Å². The molecule has 0 bridgehead atoms. The minimum Gasteiger partial charge on any atom is -0.403 e. The molecule has 1 amide bonds. The molecule has 0 radical (unpaired) electrons. The number of aromatic nitrogens is 2. The van der Waals surface area contributed by atoms with E-state index in [9.17, 15) is 13.2 Å². The normalized spacial score (nSPS) is 11.6. The summed E-state index contributed by atoms with van der Waals surface area (Å²) in [5.74, 6) is -0.146. The molecule has 0 aliphatic carbocycles. The third-order valence-electron chi connectivity index (χ3n) is 4.64. The van der Waals surface area contributed by atoms with Gasteiger partial charge in [0.05, 0.1) is 16.6 Å². The van der Waals surface area contributed by atoms with Crippen LogP contribution in [0.25, 0.3) is 11.5 Å². The van der Waals surface area contributed by atoms with Crippen LogP contribution in [0.2, 0.25) is 0 Å². The van der Waals surface area contributed by atoms with Gasteiger partial charge in [-0.05, 0) is 62.6 Å². The molecule has 8 heteroatoms. The summed E-state index contributed by atoms with van der Waals surface area (Å²) < 4.78 is 30.2. The molecule has 3 aromatic rings. The summed E-state index contributed by atoms with van der Waals surface area (Å²) in [6.07, 6.45) is 0.181. The number of hydrogen-bond acceptors (Lipinski definition) is 6. The topological polar surface area (TPSA) is 102 Å². The lowest BCUT2D eigenvalue weighted by Crippen LogP contribution is -2.14. The SMILES string of the molecule is Cc1ccc(CC(=O)Nc2nnc(-c3cccc(S(=O)(=O)C(C)C)c3)o2)cc1C. The summed E-state index contributed by atoms with van der Waals surface area (Å²) in [7, 11) is -3.42. The number of nitrogens with one attached hydrogen (secondary N) is 1. The van der Waals surface area contributed by atoms with Crippen molar-refractivity contribution in [1.82, 2.24) is 10.2 Å². The molecule has 7 nitrogen and oxygen atoms in total. The zero-order chi connectivity index (χ0) is 21.2. The Kier molecular flexibility index (Phi) is 5.83. The van der Waals surface area contributed by atoms with Crippen molar-refractivity contribution >= 4 is 21.8 Å². The van der Waals surface area contributed by atoms with Crippen LogP contribution in [0.1, 0.15) is 30.5 Å². The molecule has 0 spiro atoms. The third-order valence-corrected chi connectivity index (χ3v) is 6.79. The molecule has 0 aliphatic heterocycles. The Morgan fingerprint density at radius 3 is 2.52 bits per heavy atom. The van der Waals surface area contributed by atoms with Gasteiger partial charge in [0.25, 0.3) is 0 Å². The second-order valence-corrected chi connectivity index (χ2v) is 9.68. The molecule has 0 atom stereocenters. The fourth-order valence-electron chi connectivity index (χ4n) is 2.73. The van der Waals surface area contributed by atoms with Gasteiger partial charge in [-0.1, -0.05) is 29.4 Å². The Morgan fingerprint density at radius 2 is 1.83 bits per heavy atom. The highest BCUT2D eigenvalue weighted by Crippen LogP contribution is 2.24. The number of amides is 1. The van der Waals surface area contributed by atoms with Crippen LogP contribution in [0.3, 0.4) is 0 Å². The van der Waals surface area contributed by atoms with Crippen molar-refractivity contribution in [3.8, 4) is 11.5 Å². The minimum atomic E-state index is -3.42. The van der Waals surface area contributed by atoms with Crippen molar-refractivity contribution < 1.29 is 17.6 Å². The van der Waals surface area contributed by atoms with Crippen LogP contribution in [0.4, 0.5) is 6.01 Å². The zero-order valence-electron chi connectivity index (χ0n) is 16.8. The van der Waals surface area contributed by atoms with Gasteiger partial charge in [0.1, 0.15) is 0 Å². The van der Waals surface area contributed by atoms with E-state index in [2.05, 4.69) is 15.5 Å². The van der Waals surface area contributed by atoms with Crippen molar-refractivity contribution in [2.45, 2.75) is 44.3 Å². The highest BCUT2D eigenvalue weighted by atomic mass is 32.2. The summed E-state index contributed by atoms with van der Waals surface area (Å²) >= 11 is 0. The maximum absolute atomic E-state index is 12.4. The minimum absolute atomic E-state index is 0.0362.